The lowest BCUT2D eigenvalue weighted by atomic mass is 9.77. The van der Waals surface area contributed by atoms with E-state index >= 15 is 0 Å². The van der Waals surface area contributed by atoms with E-state index in [9.17, 15) is 18.0 Å². The normalized spacial score (nSPS) is 19.5. The summed E-state index contributed by atoms with van der Waals surface area (Å²) >= 11 is 0. The molecular formula is C18H23BF3NO3. The van der Waals surface area contributed by atoms with Gasteiger partial charge in [-0.05, 0) is 50.9 Å². The van der Waals surface area contributed by atoms with Gasteiger partial charge in [-0.1, -0.05) is 18.2 Å². The van der Waals surface area contributed by atoms with Crippen molar-refractivity contribution < 1.29 is 27.3 Å². The van der Waals surface area contributed by atoms with Gasteiger partial charge in [-0.15, -0.1) is 0 Å². The summed E-state index contributed by atoms with van der Waals surface area (Å²) in [5.41, 5.74) is -0.652. The van der Waals surface area contributed by atoms with E-state index < -0.39 is 30.1 Å². The first kappa shape index (κ1) is 20.5. The zero-order valence-corrected chi connectivity index (χ0v) is 15.5. The Labute approximate surface area is 151 Å². The average molecular weight is 369 g/mol. The van der Waals surface area contributed by atoms with Crippen LogP contribution in [-0.4, -0.2) is 30.8 Å². The number of halogens is 3. The van der Waals surface area contributed by atoms with Crippen LogP contribution in [0.2, 0.25) is 0 Å². The molecule has 0 spiro atoms. The van der Waals surface area contributed by atoms with Crippen LogP contribution in [0.5, 0.6) is 0 Å². The van der Waals surface area contributed by atoms with E-state index in [0.29, 0.717) is 11.0 Å². The van der Waals surface area contributed by atoms with Crippen molar-refractivity contribution in [3.8, 4) is 0 Å². The highest BCUT2D eigenvalue weighted by molar-refractivity contribution is 6.56. The van der Waals surface area contributed by atoms with Crippen molar-refractivity contribution in [2.24, 2.45) is 0 Å². The SMILES string of the molecule is CC(=O)NCC(=Cc1ccc(C(F)(F)F)cc1)B1OC(C)(C)C(C)(C)O1. The van der Waals surface area contributed by atoms with E-state index in [1.807, 2.05) is 27.7 Å². The number of nitrogens with one attached hydrogen (secondary N) is 1. The van der Waals surface area contributed by atoms with Gasteiger partial charge in [-0.2, -0.15) is 13.2 Å². The zero-order valence-electron chi connectivity index (χ0n) is 15.5. The molecule has 1 fully saturated rings. The molecule has 1 aliphatic rings. The first-order chi connectivity index (χ1) is 11.8. The van der Waals surface area contributed by atoms with E-state index in [1.165, 1.54) is 19.1 Å². The van der Waals surface area contributed by atoms with E-state index in [1.54, 1.807) is 6.08 Å². The Bertz CT molecular complexity index is 681. The fourth-order valence-electron chi connectivity index (χ4n) is 2.41. The van der Waals surface area contributed by atoms with Gasteiger partial charge in [0.25, 0.3) is 0 Å². The lowest BCUT2D eigenvalue weighted by Gasteiger charge is -2.32. The van der Waals surface area contributed by atoms with Crippen LogP contribution in [0, 0.1) is 0 Å². The number of hydrogen-bond donors (Lipinski definition) is 1. The minimum absolute atomic E-state index is 0.174. The third kappa shape index (κ3) is 4.68. The van der Waals surface area contributed by atoms with Gasteiger partial charge in [0, 0.05) is 13.5 Å². The van der Waals surface area contributed by atoms with Crippen LogP contribution < -0.4 is 5.32 Å². The highest BCUT2D eigenvalue weighted by Crippen LogP contribution is 2.38. The molecule has 0 bridgehead atoms. The Morgan fingerprint density at radius 2 is 1.62 bits per heavy atom. The van der Waals surface area contributed by atoms with E-state index in [4.69, 9.17) is 9.31 Å². The fourth-order valence-corrected chi connectivity index (χ4v) is 2.41. The van der Waals surface area contributed by atoms with Crippen LogP contribution in [0.3, 0.4) is 0 Å². The molecule has 0 saturated carbocycles. The summed E-state index contributed by atoms with van der Waals surface area (Å²) in [5, 5.41) is 2.69. The van der Waals surface area contributed by atoms with Gasteiger partial charge >= 0.3 is 13.3 Å². The molecule has 0 aromatic heterocycles. The van der Waals surface area contributed by atoms with Crippen molar-refractivity contribution in [1.82, 2.24) is 5.32 Å². The number of carbonyl (C=O) groups excluding carboxylic acids is 1. The quantitative estimate of drug-likeness (QED) is 0.820. The van der Waals surface area contributed by atoms with Crippen LogP contribution in [0.1, 0.15) is 45.7 Å². The van der Waals surface area contributed by atoms with Gasteiger partial charge in [0.2, 0.25) is 5.91 Å². The molecule has 0 aliphatic carbocycles. The van der Waals surface area contributed by atoms with Crippen LogP contribution in [0.15, 0.2) is 29.7 Å². The highest BCUT2D eigenvalue weighted by atomic mass is 19.4. The predicted octanol–water partition coefficient (Wildman–Crippen LogP) is 3.86. The van der Waals surface area contributed by atoms with Crippen molar-refractivity contribution in [2.45, 2.75) is 52.0 Å². The number of amides is 1. The molecule has 4 nitrogen and oxygen atoms in total. The van der Waals surface area contributed by atoms with E-state index in [-0.39, 0.29) is 12.5 Å². The smallest absolute Gasteiger partial charge is 0.400 e. The van der Waals surface area contributed by atoms with Crippen molar-refractivity contribution in [1.29, 1.82) is 0 Å². The topological polar surface area (TPSA) is 47.6 Å². The summed E-state index contributed by atoms with van der Waals surface area (Å²) in [5.74, 6) is -0.222. The van der Waals surface area contributed by atoms with E-state index in [0.717, 1.165) is 12.1 Å². The maximum Gasteiger partial charge on any atom is 0.492 e. The second kappa shape index (κ2) is 7.08. The van der Waals surface area contributed by atoms with E-state index in [2.05, 4.69) is 5.32 Å². The number of benzene rings is 1. The zero-order chi connectivity index (χ0) is 19.8. The summed E-state index contributed by atoms with van der Waals surface area (Å²) in [4.78, 5) is 11.3. The third-order valence-electron chi connectivity index (χ3n) is 4.69. The predicted molar refractivity (Wildman–Crippen MR) is 94.2 cm³/mol. The monoisotopic (exact) mass is 369 g/mol. The summed E-state index contributed by atoms with van der Waals surface area (Å²) in [6.07, 6.45) is -2.70. The Hall–Kier alpha value is -1.80. The molecule has 1 aromatic carbocycles. The van der Waals surface area contributed by atoms with Crippen molar-refractivity contribution in [2.75, 3.05) is 6.54 Å². The number of carbonyl (C=O) groups is 1. The van der Waals surface area contributed by atoms with Crippen molar-refractivity contribution in [3.63, 3.8) is 0 Å². The molecular weight excluding hydrogens is 346 g/mol. The summed E-state index contributed by atoms with van der Waals surface area (Å²) in [6.45, 7) is 9.18. The maximum atomic E-state index is 12.7. The molecule has 8 heteroatoms. The number of alkyl halides is 3. The standard InChI is InChI=1S/C18H23BF3NO3/c1-12(24)23-11-15(19-25-16(2,3)17(4,5)26-19)10-13-6-8-14(9-7-13)18(20,21)22/h6-10H,11H2,1-5H3,(H,23,24). The first-order valence-corrected chi connectivity index (χ1v) is 8.30. The molecule has 0 radical (unpaired) electrons. The van der Waals surface area contributed by atoms with Gasteiger partial charge in [0.15, 0.2) is 0 Å². The maximum absolute atomic E-state index is 12.7. The van der Waals surface area contributed by atoms with Crippen LogP contribution in [0.4, 0.5) is 13.2 Å². The second-order valence-electron chi connectivity index (χ2n) is 7.34. The largest absolute Gasteiger partial charge is 0.492 e. The fraction of sp³-hybridized carbons (Fsp3) is 0.500. The van der Waals surface area contributed by atoms with Gasteiger partial charge in [-0.25, -0.2) is 0 Å². The molecule has 1 saturated heterocycles. The van der Waals surface area contributed by atoms with Gasteiger partial charge in [0.05, 0.1) is 16.8 Å². The third-order valence-corrected chi connectivity index (χ3v) is 4.69. The van der Waals surface area contributed by atoms with Gasteiger partial charge in [-0.3, -0.25) is 4.79 Å². The Morgan fingerprint density at radius 3 is 2.04 bits per heavy atom. The summed E-state index contributed by atoms with van der Waals surface area (Å²) < 4.78 is 50.1. The highest BCUT2D eigenvalue weighted by Gasteiger charge is 2.52. The second-order valence-corrected chi connectivity index (χ2v) is 7.34. The molecule has 1 N–H and O–H groups in total. The minimum Gasteiger partial charge on any atom is -0.400 e. The van der Waals surface area contributed by atoms with Crippen LogP contribution in [-0.2, 0) is 20.3 Å². The average Bonchev–Trinajstić information content (AvgIpc) is 2.71. The molecule has 1 aliphatic heterocycles. The summed E-state index contributed by atoms with van der Waals surface area (Å²) in [7, 11) is -0.700. The van der Waals surface area contributed by atoms with Crippen molar-refractivity contribution in [3.05, 3.63) is 40.9 Å². The first-order valence-electron chi connectivity index (χ1n) is 8.30. The van der Waals surface area contributed by atoms with Crippen LogP contribution >= 0.6 is 0 Å². The molecule has 26 heavy (non-hydrogen) atoms. The Kier molecular flexibility index (Phi) is 5.59. The molecule has 2 rings (SSSR count). The Balaban J connectivity index is 2.30. The molecule has 0 atom stereocenters. The molecule has 1 aromatic rings. The summed E-state index contributed by atoms with van der Waals surface area (Å²) in [6, 6.07) is 4.79. The van der Waals surface area contributed by atoms with Crippen LogP contribution in [0.25, 0.3) is 6.08 Å². The molecule has 0 unspecified atom stereocenters. The molecule has 1 heterocycles. The van der Waals surface area contributed by atoms with Gasteiger partial charge < -0.3 is 14.6 Å². The Morgan fingerprint density at radius 1 is 1.12 bits per heavy atom. The molecule has 1 amide bonds. The lowest BCUT2D eigenvalue weighted by Crippen LogP contribution is -2.41. The van der Waals surface area contributed by atoms with Gasteiger partial charge in [0.1, 0.15) is 0 Å². The number of hydrogen-bond acceptors (Lipinski definition) is 3. The van der Waals surface area contributed by atoms with Crippen molar-refractivity contribution >= 4 is 19.1 Å². The number of rotatable bonds is 4. The molecule has 142 valence electrons. The minimum atomic E-state index is -4.38. The lowest BCUT2D eigenvalue weighted by molar-refractivity contribution is -0.137.